The molecule has 1 aromatic carbocycles. The van der Waals surface area contributed by atoms with Gasteiger partial charge in [0.25, 0.3) is 0 Å². The molecule has 1 heterocycles. The Morgan fingerprint density at radius 1 is 1.32 bits per heavy atom. The highest BCUT2D eigenvalue weighted by atomic mass is 79.9. The van der Waals surface area contributed by atoms with Crippen molar-refractivity contribution in [2.45, 2.75) is 25.8 Å². The average molecular weight is 418 g/mol. The molecule has 0 aliphatic carbocycles. The van der Waals surface area contributed by atoms with E-state index >= 15 is 0 Å². The number of nitrogens with one attached hydrogen (secondary N) is 1. The van der Waals surface area contributed by atoms with E-state index in [1.54, 1.807) is 6.92 Å². The number of hydrogen-bond donors (Lipinski definition) is 1. The van der Waals surface area contributed by atoms with E-state index in [0.717, 1.165) is 15.7 Å². The van der Waals surface area contributed by atoms with Gasteiger partial charge in [-0.05, 0) is 50.6 Å². The van der Waals surface area contributed by atoms with Crippen LogP contribution in [0.1, 0.15) is 34.1 Å². The second kappa shape index (κ2) is 8.28. The summed E-state index contributed by atoms with van der Waals surface area (Å²) in [5, 5.41) is 12.6. The minimum absolute atomic E-state index is 0.121. The van der Waals surface area contributed by atoms with Gasteiger partial charge in [0, 0.05) is 21.4 Å². The highest BCUT2D eigenvalue weighted by Crippen LogP contribution is 2.24. The Balaban J connectivity index is 2.10. The first-order valence-corrected chi connectivity index (χ1v) is 9.21. The molecule has 1 aromatic heterocycles. The standard InChI is InChI=1S/C18H16BrN3O2S/c1-10-6-14(19)4-5-16(10)22-17(24)9-25-18-13(8-20)7-15(12(3)23)11(2)21-18/h4-7H,9H2,1-3H3,(H,22,24). The van der Waals surface area contributed by atoms with Gasteiger partial charge in [-0.3, -0.25) is 9.59 Å². The summed E-state index contributed by atoms with van der Waals surface area (Å²) in [6.07, 6.45) is 0. The summed E-state index contributed by atoms with van der Waals surface area (Å²) in [4.78, 5) is 28.0. The zero-order valence-electron chi connectivity index (χ0n) is 14.0. The number of thioether (sulfide) groups is 1. The average Bonchev–Trinajstić information content (AvgIpc) is 2.55. The molecule has 0 saturated carbocycles. The van der Waals surface area contributed by atoms with Gasteiger partial charge in [0.1, 0.15) is 11.1 Å². The van der Waals surface area contributed by atoms with Crippen molar-refractivity contribution in [2.75, 3.05) is 11.1 Å². The summed E-state index contributed by atoms with van der Waals surface area (Å²) >= 11 is 4.56. The molecule has 0 radical (unpaired) electrons. The molecule has 2 aromatic rings. The van der Waals surface area contributed by atoms with E-state index in [1.165, 1.54) is 24.8 Å². The van der Waals surface area contributed by atoms with Crippen LogP contribution in [0.25, 0.3) is 0 Å². The smallest absolute Gasteiger partial charge is 0.234 e. The number of aromatic nitrogens is 1. The highest BCUT2D eigenvalue weighted by molar-refractivity contribution is 9.10. The largest absolute Gasteiger partial charge is 0.325 e. The van der Waals surface area contributed by atoms with Crippen molar-refractivity contribution in [1.29, 1.82) is 5.26 Å². The molecule has 0 aliphatic heterocycles. The van der Waals surface area contributed by atoms with E-state index < -0.39 is 0 Å². The van der Waals surface area contributed by atoms with Gasteiger partial charge in [-0.15, -0.1) is 0 Å². The third-order valence-corrected chi connectivity index (χ3v) is 4.96. The van der Waals surface area contributed by atoms with E-state index in [4.69, 9.17) is 0 Å². The van der Waals surface area contributed by atoms with Gasteiger partial charge in [0.15, 0.2) is 5.78 Å². The van der Waals surface area contributed by atoms with Gasteiger partial charge in [-0.25, -0.2) is 4.98 Å². The van der Waals surface area contributed by atoms with Crippen molar-refractivity contribution in [3.8, 4) is 6.07 Å². The Kier molecular flexibility index (Phi) is 6.34. The predicted molar refractivity (Wildman–Crippen MR) is 102 cm³/mol. The molecular weight excluding hydrogens is 402 g/mol. The van der Waals surface area contributed by atoms with Crippen LogP contribution in [0.15, 0.2) is 33.8 Å². The number of pyridine rings is 1. The first kappa shape index (κ1) is 19.2. The SMILES string of the molecule is CC(=O)c1cc(C#N)c(SCC(=O)Nc2ccc(Br)cc2C)nc1C. The van der Waals surface area contributed by atoms with E-state index in [2.05, 4.69) is 26.2 Å². The molecule has 0 fully saturated rings. The summed E-state index contributed by atoms with van der Waals surface area (Å²) in [6, 6.07) is 9.17. The zero-order chi connectivity index (χ0) is 18.6. The van der Waals surface area contributed by atoms with Crippen LogP contribution < -0.4 is 5.32 Å². The second-order valence-electron chi connectivity index (χ2n) is 5.44. The fourth-order valence-corrected chi connectivity index (χ4v) is 3.49. The van der Waals surface area contributed by atoms with Crippen molar-refractivity contribution in [1.82, 2.24) is 4.98 Å². The lowest BCUT2D eigenvalue weighted by molar-refractivity contribution is -0.113. The summed E-state index contributed by atoms with van der Waals surface area (Å²) in [6.45, 7) is 5.06. The number of ketones is 1. The number of nitriles is 1. The highest BCUT2D eigenvalue weighted by Gasteiger charge is 2.14. The monoisotopic (exact) mass is 417 g/mol. The maximum Gasteiger partial charge on any atom is 0.234 e. The van der Waals surface area contributed by atoms with Gasteiger partial charge in [0.05, 0.1) is 11.3 Å². The molecular formula is C18H16BrN3O2S. The van der Waals surface area contributed by atoms with Crippen LogP contribution in [0.4, 0.5) is 5.69 Å². The van der Waals surface area contributed by atoms with Crippen molar-refractivity contribution in [3.05, 3.63) is 51.1 Å². The third kappa shape index (κ3) is 4.91. The summed E-state index contributed by atoms with van der Waals surface area (Å²) in [5.74, 6) is -0.202. The molecule has 0 aliphatic rings. The first-order valence-electron chi connectivity index (χ1n) is 7.43. The van der Waals surface area contributed by atoms with Crippen LogP contribution in [0.2, 0.25) is 0 Å². The quantitative estimate of drug-likeness (QED) is 0.579. The number of Topliss-reactive ketones (excluding diaryl/α,β-unsaturated/α-hetero) is 1. The summed E-state index contributed by atoms with van der Waals surface area (Å²) in [7, 11) is 0. The lowest BCUT2D eigenvalue weighted by Gasteiger charge is -2.10. The maximum atomic E-state index is 12.2. The Morgan fingerprint density at radius 2 is 2.04 bits per heavy atom. The zero-order valence-corrected chi connectivity index (χ0v) is 16.4. The molecule has 1 N–H and O–H groups in total. The molecule has 7 heteroatoms. The Labute approximate surface area is 159 Å². The number of carbonyl (C=O) groups is 2. The van der Waals surface area contributed by atoms with Crippen LogP contribution in [0.5, 0.6) is 0 Å². The lowest BCUT2D eigenvalue weighted by atomic mass is 10.1. The molecule has 1 amide bonds. The van der Waals surface area contributed by atoms with Gasteiger partial charge in [0.2, 0.25) is 5.91 Å². The molecule has 0 spiro atoms. The van der Waals surface area contributed by atoms with Crippen LogP contribution in [-0.4, -0.2) is 22.4 Å². The predicted octanol–water partition coefficient (Wildman–Crippen LogP) is 4.27. The number of aryl methyl sites for hydroxylation is 2. The van der Waals surface area contributed by atoms with Gasteiger partial charge in [-0.1, -0.05) is 27.7 Å². The van der Waals surface area contributed by atoms with Gasteiger partial charge in [-0.2, -0.15) is 5.26 Å². The number of nitrogens with zero attached hydrogens (tertiary/aromatic N) is 2. The molecule has 2 rings (SSSR count). The third-order valence-electron chi connectivity index (χ3n) is 3.48. The Bertz CT molecular complexity index is 891. The van der Waals surface area contributed by atoms with Crippen molar-refractivity contribution < 1.29 is 9.59 Å². The molecule has 25 heavy (non-hydrogen) atoms. The van der Waals surface area contributed by atoms with Gasteiger partial charge < -0.3 is 5.32 Å². The van der Waals surface area contributed by atoms with Crippen molar-refractivity contribution >= 4 is 45.1 Å². The van der Waals surface area contributed by atoms with Crippen LogP contribution in [0.3, 0.4) is 0 Å². The van der Waals surface area contributed by atoms with Crippen molar-refractivity contribution in [2.24, 2.45) is 0 Å². The minimum atomic E-state index is -0.186. The minimum Gasteiger partial charge on any atom is -0.325 e. The molecule has 128 valence electrons. The number of benzene rings is 1. The second-order valence-corrected chi connectivity index (χ2v) is 7.32. The number of rotatable bonds is 5. The van der Waals surface area contributed by atoms with Crippen LogP contribution in [0, 0.1) is 25.2 Å². The molecule has 0 unspecified atom stereocenters. The molecule has 0 saturated heterocycles. The van der Waals surface area contributed by atoms with Crippen LogP contribution in [-0.2, 0) is 4.79 Å². The van der Waals surface area contributed by atoms with E-state index in [1.807, 2.05) is 31.2 Å². The van der Waals surface area contributed by atoms with E-state index in [0.29, 0.717) is 21.8 Å². The Hall–Kier alpha value is -2.17. The van der Waals surface area contributed by atoms with Gasteiger partial charge >= 0.3 is 0 Å². The normalized spacial score (nSPS) is 10.2. The first-order chi connectivity index (χ1) is 11.8. The topological polar surface area (TPSA) is 82.8 Å². The maximum absolute atomic E-state index is 12.2. The number of anilines is 1. The molecule has 5 nitrogen and oxygen atoms in total. The van der Waals surface area contributed by atoms with E-state index in [9.17, 15) is 14.9 Å². The summed E-state index contributed by atoms with van der Waals surface area (Å²) in [5.41, 5.74) is 2.97. The molecule has 0 bridgehead atoms. The number of carbonyl (C=O) groups excluding carboxylic acids is 2. The summed E-state index contributed by atoms with van der Waals surface area (Å²) < 4.78 is 0.946. The number of amides is 1. The molecule has 0 atom stereocenters. The Morgan fingerprint density at radius 3 is 2.64 bits per heavy atom. The van der Waals surface area contributed by atoms with Crippen LogP contribution >= 0.6 is 27.7 Å². The fourth-order valence-electron chi connectivity index (χ4n) is 2.22. The fraction of sp³-hybridized carbons (Fsp3) is 0.222. The lowest BCUT2D eigenvalue weighted by Crippen LogP contribution is -2.15. The van der Waals surface area contributed by atoms with Crippen molar-refractivity contribution in [3.63, 3.8) is 0 Å². The van der Waals surface area contributed by atoms with E-state index in [-0.39, 0.29) is 17.4 Å². The number of halogens is 1. The number of hydrogen-bond acceptors (Lipinski definition) is 5.